The maximum atomic E-state index is 5.38. The van der Waals surface area contributed by atoms with E-state index in [0.717, 1.165) is 5.84 Å². The third-order valence-electron chi connectivity index (χ3n) is 7.63. The van der Waals surface area contributed by atoms with Crippen LogP contribution < -0.4 is 4.90 Å². The van der Waals surface area contributed by atoms with Crippen LogP contribution in [0.1, 0.15) is 66.2 Å². The Morgan fingerprint density at radius 1 is 0.730 bits per heavy atom. The number of rotatable bonds is 3. The van der Waals surface area contributed by atoms with Crippen LogP contribution in [0.4, 0.5) is 11.4 Å². The van der Waals surface area contributed by atoms with Crippen molar-refractivity contribution in [2.45, 2.75) is 52.1 Å². The van der Waals surface area contributed by atoms with Crippen LogP contribution in [-0.4, -0.2) is 16.7 Å². The van der Waals surface area contributed by atoms with E-state index >= 15 is 0 Å². The fraction of sp³-hybridized carbons (Fsp3) is 0.235. The lowest BCUT2D eigenvalue weighted by Gasteiger charge is -2.29. The van der Waals surface area contributed by atoms with Crippen molar-refractivity contribution < 1.29 is 4.58 Å². The summed E-state index contributed by atoms with van der Waals surface area (Å²) in [6.45, 7) is 11.3. The van der Waals surface area contributed by atoms with Gasteiger partial charge in [0, 0.05) is 0 Å². The molecule has 6 rings (SSSR count). The number of aryl methyl sites for hydroxylation is 2. The maximum Gasteiger partial charge on any atom is 0.269 e. The number of fused-ring (bicyclic) bond motifs is 3. The Hall–Kier alpha value is -3.98. The van der Waals surface area contributed by atoms with E-state index in [-0.39, 0.29) is 17.5 Å². The van der Waals surface area contributed by atoms with Crippen LogP contribution in [0.25, 0.3) is 0 Å². The summed E-state index contributed by atoms with van der Waals surface area (Å²) in [6.07, 6.45) is 2.29. The summed E-state index contributed by atoms with van der Waals surface area (Å²) in [7, 11) is 0. The average Bonchev–Trinajstić information content (AvgIpc) is 3.28. The van der Waals surface area contributed by atoms with Crippen LogP contribution >= 0.6 is 0 Å². The van der Waals surface area contributed by atoms with E-state index in [1.165, 1.54) is 44.8 Å². The molecule has 0 unspecified atom stereocenters. The van der Waals surface area contributed by atoms with Gasteiger partial charge in [-0.3, -0.25) is 0 Å². The van der Waals surface area contributed by atoms with Crippen molar-refractivity contribution >= 4 is 23.5 Å². The van der Waals surface area contributed by atoms with E-state index in [1.807, 2.05) is 0 Å². The summed E-state index contributed by atoms with van der Waals surface area (Å²) in [6, 6.07) is 35.0. The molecule has 0 bridgehead atoms. The number of amidine groups is 1. The van der Waals surface area contributed by atoms with Crippen LogP contribution in [0.3, 0.4) is 0 Å². The lowest BCUT2D eigenvalue weighted by atomic mass is 9.84. The van der Waals surface area contributed by atoms with E-state index in [2.05, 4.69) is 147 Å². The van der Waals surface area contributed by atoms with Crippen molar-refractivity contribution in [1.82, 2.24) is 0 Å². The highest BCUT2D eigenvalue weighted by atomic mass is 15.3. The number of nitrogens with zero attached hydrogens (tertiary/aromatic N) is 3. The zero-order valence-corrected chi connectivity index (χ0v) is 22.3. The van der Waals surface area contributed by atoms with Gasteiger partial charge in [0.15, 0.2) is 12.4 Å². The van der Waals surface area contributed by atoms with Gasteiger partial charge in [0.05, 0.1) is 5.56 Å². The Bertz CT molecular complexity index is 1500. The summed E-state index contributed by atoms with van der Waals surface area (Å²) >= 11 is 0. The van der Waals surface area contributed by atoms with E-state index in [9.17, 15) is 0 Å². The minimum Gasteiger partial charge on any atom is -0.231 e. The third-order valence-corrected chi connectivity index (χ3v) is 7.63. The quantitative estimate of drug-likeness (QED) is 0.269. The highest BCUT2D eigenvalue weighted by Gasteiger charge is 2.46. The van der Waals surface area contributed by atoms with Gasteiger partial charge >= 0.3 is 0 Å². The van der Waals surface area contributed by atoms with Gasteiger partial charge in [0.25, 0.3) is 5.84 Å². The molecule has 0 N–H and O–H groups in total. The van der Waals surface area contributed by atoms with Crippen LogP contribution in [0, 0.1) is 13.8 Å². The minimum atomic E-state index is 0.00770. The molecule has 4 aromatic carbocycles. The molecule has 184 valence electrons. The molecule has 2 atom stereocenters. The molecular formula is C34H34N3+. The number of benzene rings is 4. The first-order valence-corrected chi connectivity index (χ1v) is 13.1. The van der Waals surface area contributed by atoms with E-state index < -0.39 is 0 Å². The molecule has 2 aliphatic heterocycles. The minimum absolute atomic E-state index is 0.00770. The number of aliphatic imine (C=N–C) groups is 1. The summed E-state index contributed by atoms with van der Waals surface area (Å²) < 4.78 is 2.39. The van der Waals surface area contributed by atoms with Crippen molar-refractivity contribution in [2.75, 3.05) is 4.90 Å². The number of para-hydroxylation sites is 1. The monoisotopic (exact) mass is 484 g/mol. The summed E-state index contributed by atoms with van der Waals surface area (Å²) in [5.74, 6) is 1.04. The highest BCUT2D eigenvalue weighted by molar-refractivity contribution is 6.09. The van der Waals surface area contributed by atoms with Gasteiger partial charge in [-0.05, 0) is 59.2 Å². The van der Waals surface area contributed by atoms with Crippen LogP contribution in [0.2, 0.25) is 0 Å². The van der Waals surface area contributed by atoms with Crippen molar-refractivity contribution in [3.8, 4) is 0 Å². The van der Waals surface area contributed by atoms with Crippen LogP contribution in [0.15, 0.2) is 102 Å². The normalized spacial score (nSPS) is 18.7. The van der Waals surface area contributed by atoms with Gasteiger partial charge in [0.1, 0.15) is 17.4 Å². The molecule has 37 heavy (non-hydrogen) atoms. The fourth-order valence-electron chi connectivity index (χ4n) is 5.79. The molecule has 2 heterocycles. The van der Waals surface area contributed by atoms with Crippen molar-refractivity contribution in [3.05, 3.63) is 130 Å². The van der Waals surface area contributed by atoms with Gasteiger partial charge in [-0.1, -0.05) is 106 Å². The second-order valence-electron chi connectivity index (χ2n) is 11.3. The van der Waals surface area contributed by atoms with Gasteiger partial charge in [-0.25, -0.2) is 9.48 Å². The average molecular weight is 485 g/mol. The Labute approximate surface area is 220 Å². The lowest BCUT2D eigenvalue weighted by molar-refractivity contribution is -0.450. The van der Waals surface area contributed by atoms with Crippen LogP contribution in [-0.2, 0) is 5.41 Å². The second-order valence-corrected chi connectivity index (χ2v) is 11.3. The molecule has 2 aliphatic rings. The van der Waals surface area contributed by atoms with Crippen molar-refractivity contribution in [1.29, 1.82) is 0 Å². The van der Waals surface area contributed by atoms with Crippen molar-refractivity contribution in [3.63, 3.8) is 0 Å². The molecule has 3 heteroatoms. The van der Waals surface area contributed by atoms with E-state index in [4.69, 9.17) is 4.99 Å². The van der Waals surface area contributed by atoms with Crippen LogP contribution in [0.5, 0.6) is 0 Å². The summed E-state index contributed by atoms with van der Waals surface area (Å²) in [4.78, 5) is 7.77. The zero-order chi connectivity index (χ0) is 25.7. The van der Waals surface area contributed by atoms with Gasteiger partial charge in [0.2, 0.25) is 0 Å². The smallest absolute Gasteiger partial charge is 0.231 e. The van der Waals surface area contributed by atoms with E-state index in [1.54, 1.807) is 0 Å². The van der Waals surface area contributed by atoms with E-state index in [0.29, 0.717) is 0 Å². The molecule has 4 aromatic rings. The zero-order valence-electron chi connectivity index (χ0n) is 22.3. The van der Waals surface area contributed by atoms with Crippen molar-refractivity contribution in [2.24, 2.45) is 4.99 Å². The number of anilines is 2. The van der Waals surface area contributed by atoms with Gasteiger partial charge in [-0.2, -0.15) is 0 Å². The second kappa shape index (κ2) is 8.85. The maximum absolute atomic E-state index is 5.38. The summed E-state index contributed by atoms with van der Waals surface area (Å²) in [5.41, 5.74) is 10.1. The fourth-order valence-corrected chi connectivity index (χ4v) is 5.79. The molecule has 0 saturated carbocycles. The third kappa shape index (κ3) is 3.99. The molecule has 0 spiro atoms. The number of hydrogen-bond donors (Lipinski definition) is 0. The van der Waals surface area contributed by atoms with Gasteiger partial charge in [-0.15, -0.1) is 4.99 Å². The SMILES string of the molecule is Cc1cc(C(C)(C)C)cc(C)c1N1C=[N+]2C(=N[C@@H](c3ccccc3)[C@@H]2c2ccccc2)c2ccccc21. The largest absolute Gasteiger partial charge is 0.269 e. The first-order chi connectivity index (χ1) is 17.8. The summed E-state index contributed by atoms with van der Waals surface area (Å²) in [5, 5.41) is 0. The Kier molecular flexibility index (Phi) is 5.60. The highest BCUT2D eigenvalue weighted by Crippen LogP contribution is 2.45. The number of hydrogen-bond acceptors (Lipinski definition) is 2. The molecule has 0 aliphatic carbocycles. The molecule has 3 nitrogen and oxygen atoms in total. The molecule has 0 saturated heterocycles. The molecule has 0 fully saturated rings. The topological polar surface area (TPSA) is 18.6 Å². The molecule has 0 radical (unpaired) electrons. The first-order valence-electron chi connectivity index (χ1n) is 13.1. The Balaban J connectivity index is 1.57. The first kappa shape index (κ1) is 23.4. The standard InChI is InChI=1S/C34H34N3/c1-23-20-27(34(3,4)5)21-24(2)31(23)36-22-37-32(26-16-10-7-11-17-26)30(25-14-8-6-9-15-25)35-33(37)28-18-12-13-19-29(28)36/h6-22,30,32H,1-5H3/q+1/t30-,32-/m0/s1. The molecular weight excluding hydrogens is 450 g/mol. The van der Waals surface area contributed by atoms with Gasteiger partial charge < -0.3 is 0 Å². The lowest BCUT2D eigenvalue weighted by Crippen LogP contribution is -2.36. The Morgan fingerprint density at radius 2 is 1.30 bits per heavy atom. The molecule has 0 amide bonds. The molecule has 0 aromatic heterocycles. The predicted octanol–water partition coefficient (Wildman–Crippen LogP) is 8.04. The predicted molar refractivity (Wildman–Crippen MR) is 154 cm³/mol. The Morgan fingerprint density at radius 3 is 1.92 bits per heavy atom.